The molecule has 9 heteroatoms. The van der Waals surface area contributed by atoms with Crippen LogP contribution in [0.25, 0.3) is 10.9 Å². The van der Waals surface area contributed by atoms with Crippen LogP contribution in [0.3, 0.4) is 0 Å². The minimum atomic E-state index is -0.650. The molecule has 0 amide bonds. The van der Waals surface area contributed by atoms with Gasteiger partial charge in [0.25, 0.3) is 0 Å². The van der Waals surface area contributed by atoms with Gasteiger partial charge in [0.2, 0.25) is 0 Å². The average molecular weight is 649 g/mol. The van der Waals surface area contributed by atoms with Crippen molar-refractivity contribution in [2.75, 3.05) is 25.2 Å². The van der Waals surface area contributed by atoms with E-state index in [0.29, 0.717) is 28.5 Å². The number of H-pyrrole nitrogens is 1. The summed E-state index contributed by atoms with van der Waals surface area (Å²) >= 11 is 3.19. The molecule has 238 valence electrons. The normalized spacial score (nSPS) is 20.8. The van der Waals surface area contributed by atoms with Crippen LogP contribution in [0.4, 0.5) is 8.78 Å². The molecule has 0 saturated heterocycles. The third kappa shape index (κ3) is 7.47. The number of fused-ring (bicyclic) bond motifs is 5. The summed E-state index contributed by atoms with van der Waals surface area (Å²) in [6.07, 6.45) is 5.73. The zero-order valence-corrected chi connectivity index (χ0v) is 28.1. The summed E-state index contributed by atoms with van der Waals surface area (Å²) in [6, 6.07) is 16.4. The highest BCUT2D eigenvalue weighted by atomic mass is 32.2. The summed E-state index contributed by atoms with van der Waals surface area (Å²) in [4.78, 5) is 13.6. The maximum Gasteiger partial charge on any atom is 0.159 e. The van der Waals surface area contributed by atoms with Crippen LogP contribution in [0.15, 0.2) is 80.6 Å². The molecule has 3 aromatic carbocycles. The molecule has 0 spiro atoms. The van der Waals surface area contributed by atoms with Crippen molar-refractivity contribution in [3.63, 3.8) is 0 Å². The van der Waals surface area contributed by atoms with E-state index >= 15 is 8.78 Å². The minimum Gasteiger partial charge on any atom is -0.396 e. The SMILES string of the molecule is CN=C1N=C(N)[C@@](C)(c2cccc(CCO)c2)CCCC(C)(C)CSCCc2c(c(F)cc3[nH]ccc23)Sc2ccc(F)c1c2. The number of rotatable bonds is 3. The van der Waals surface area contributed by atoms with Crippen LogP contribution in [-0.2, 0) is 18.3 Å². The first kappa shape index (κ1) is 33.2. The number of aliphatic hydroxyl groups excluding tert-OH is 1. The number of aryl methyl sites for hydroxylation is 1. The molecule has 2 heterocycles. The molecule has 4 N–H and O–H groups in total. The highest BCUT2D eigenvalue weighted by Gasteiger charge is 2.33. The maximum atomic E-state index is 15.7. The fourth-order valence-electron chi connectivity index (χ4n) is 6.04. The van der Waals surface area contributed by atoms with Gasteiger partial charge in [-0.25, -0.2) is 13.8 Å². The number of aromatic amines is 1. The number of hydrogen-bond donors (Lipinski definition) is 3. The Morgan fingerprint density at radius 3 is 2.64 bits per heavy atom. The summed E-state index contributed by atoms with van der Waals surface area (Å²) in [7, 11) is 1.58. The molecule has 0 fully saturated rings. The Hall–Kier alpha value is -3.14. The molecule has 1 atom stereocenters. The van der Waals surface area contributed by atoms with Crippen molar-refractivity contribution in [1.29, 1.82) is 0 Å². The third-order valence-corrected chi connectivity index (χ3v) is 11.4. The van der Waals surface area contributed by atoms with Gasteiger partial charge in [-0.1, -0.05) is 56.3 Å². The quantitative estimate of drug-likeness (QED) is 0.209. The number of benzene rings is 3. The van der Waals surface area contributed by atoms with Gasteiger partial charge in [0.15, 0.2) is 5.84 Å². The Balaban J connectivity index is 1.62. The second-order valence-corrected chi connectivity index (χ2v) is 14.9. The van der Waals surface area contributed by atoms with Crippen LogP contribution in [-0.4, -0.2) is 46.9 Å². The Kier molecular flexibility index (Phi) is 10.4. The van der Waals surface area contributed by atoms with Gasteiger partial charge < -0.3 is 15.8 Å². The first-order chi connectivity index (χ1) is 21.5. The number of nitrogens with one attached hydrogen (secondary N) is 1. The molecule has 1 aliphatic rings. The van der Waals surface area contributed by atoms with Gasteiger partial charge in [-0.05, 0) is 96.5 Å². The van der Waals surface area contributed by atoms with Crippen LogP contribution in [0.1, 0.15) is 62.3 Å². The van der Waals surface area contributed by atoms with Crippen molar-refractivity contribution >= 4 is 46.1 Å². The summed E-state index contributed by atoms with van der Waals surface area (Å²) in [5.74, 6) is 1.59. The molecule has 5 rings (SSSR count). The smallest absolute Gasteiger partial charge is 0.159 e. The predicted octanol–water partition coefficient (Wildman–Crippen LogP) is 8.31. The number of aromatic nitrogens is 1. The topological polar surface area (TPSA) is 86.8 Å². The molecule has 0 saturated carbocycles. The number of aliphatic hydroxyl groups is 1. The summed E-state index contributed by atoms with van der Waals surface area (Å²) < 4.78 is 31.1. The summed E-state index contributed by atoms with van der Waals surface area (Å²) in [5, 5.41) is 10.6. The average Bonchev–Trinajstić information content (AvgIpc) is 3.48. The van der Waals surface area contributed by atoms with E-state index in [0.717, 1.165) is 58.4 Å². The molecule has 0 aliphatic carbocycles. The highest BCUT2D eigenvalue weighted by molar-refractivity contribution is 7.99. The number of amidine groups is 2. The molecular weight excluding hydrogens is 607 g/mol. The van der Waals surface area contributed by atoms with Crippen LogP contribution >= 0.6 is 23.5 Å². The van der Waals surface area contributed by atoms with E-state index in [2.05, 4.69) is 36.8 Å². The lowest BCUT2D eigenvalue weighted by Gasteiger charge is -2.32. The zero-order chi connectivity index (χ0) is 32.2. The fourth-order valence-corrected chi connectivity index (χ4v) is 8.27. The standard InChI is InChI=1S/C36H42F2N4OS2/c1-35(2)14-6-15-36(3,24-8-5-7-23(19-24)12-17-43)34(39)42-33(40-4)28-20-25(9-10-29(28)37)45-32-27(13-18-44-22-35)26-11-16-41-31(26)21-30(32)38/h5,7-11,16,19-21,41,43H,6,12-15,17-18,22H2,1-4H3,(H2,39,40,42)/t36-/m1/s1. The fraction of sp³-hybridized carbons (Fsp3) is 0.389. The van der Waals surface area contributed by atoms with Crippen LogP contribution in [0.5, 0.6) is 0 Å². The molecule has 45 heavy (non-hydrogen) atoms. The molecule has 1 aromatic heterocycles. The van der Waals surface area contributed by atoms with E-state index in [1.165, 1.54) is 23.9 Å². The largest absolute Gasteiger partial charge is 0.396 e. The Morgan fingerprint density at radius 2 is 1.87 bits per heavy atom. The van der Waals surface area contributed by atoms with Gasteiger partial charge in [-0.15, -0.1) is 0 Å². The molecule has 0 unspecified atom stereocenters. The monoisotopic (exact) mass is 648 g/mol. The number of nitrogens with zero attached hydrogens (tertiary/aromatic N) is 2. The van der Waals surface area contributed by atoms with E-state index in [1.807, 2.05) is 42.2 Å². The first-order valence-electron chi connectivity index (χ1n) is 15.4. The number of aliphatic imine (C=N–C) groups is 2. The molecule has 4 aromatic rings. The predicted molar refractivity (Wildman–Crippen MR) is 186 cm³/mol. The van der Waals surface area contributed by atoms with Gasteiger partial charge in [0, 0.05) is 41.1 Å². The molecule has 1 aliphatic heterocycles. The third-order valence-electron chi connectivity index (χ3n) is 8.75. The van der Waals surface area contributed by atoms with Gasteiger partial charge in [0.05, 0.1) is 10.5 Å². The molecule has 0 radical (unpaired) electrons. The van der Waals surface area contributed by atoms with E-state index < -0.39 is 11.2 Å². The van der Waals surface area contributed by atoms with Crippen molar-refractivity contribution in [3.05, 3.63) is 94.7 Å². The number of nitrogens with two attached hydrogens (primary N) is 1. The van der Waals surface area contributed by atoms with Crippen molar-refractivity contribution in [2.45, 2.75) is 68.1 Å². The van der Waals surface area contributed by atoms with E-state index in [9.17, 15) is 5.11 Å². The molecule has 2 bridgehead atoms. The lowest BCUT2D eigenvalue weighted by atomic mass is 9.75. The Morgan fingerprint density at radius 1 is 1.04 bits per heavy atom. The maximum absolute atomic E-state index is 15.7. The van der Waals surface area contributed by atoms with Crippen LogP contribution in [0, 0.1) is 17.0 Å². The van der Waals surface area contributed by atoms with Crippen molar-refractivity contribution in [3.8, 4) is 0 Å². The number of halogens is 2. The summed E-state index contributed by atoms with van der Waals surface area (Å²) in [6.45, 7) is 6.72. The molecule has 5 nitrogen and oxygen atoms in total. The minimum absolute atomic E-state index is 0.0559. The second-order valence-electron chi connectivity index (χ2n) is 12.7. The first-order valence-corrected chi connectivity index (χ1v) is 17.4. The zero-order valence-electron chi connectivity index (χ0n) is 26.4. The van der Waals surface area contributed by atoms with E-state index in [4.69, 9.17) is 10.7 Å². The lowest BCUT2D eigenvalue weighted by molar-refractivity contribution is 0.299. The molecular formula is C36H42F2N4OS2. The van der Waals surface area contributed by atoms with Gasteiger partial charge in [-0.3, -0.25) is 4.99 Å². The van der Waals surface area contributed by atoms with E-state index in [1.54, 1.807) is 19.2 Å². The van der Waals surface area contributed by atoms with Gasteiger partial charge in [-0.2, -0.15) is 11.8 Å². The lowest BCUT2D eigenvalue weighted by Crippen LogP contribution is -2.40. The van der Waals surface area contributed by atoms with Crippen molar-refractivity contribution < 1.29 is 13.9 Å². The van der Waals surface area contributed by atoms with Crippen molar-refractivity contribution in [1.82, 2.24) is 4.98 Å². The van der Waals surface area contributed by atoms with Gasteiger partial charge in [0.1, 0.15) is 17.5 Å². The van der Waals surface area contributed by atoms with Crippen molar-refractivity contribution in [2.24, 2.45) is 21.1 Å². The van der Waals surface area contributed by atoms with Crippen LogP contribution < -0.4 is 5.73 Å². The Bertz CT molecular complexity index is 1730. The number of hydrogen-bond acceptors (Lipinski definition) is 5. The number of thioether (sulfide) groups is 1. The second kappa shape index (κ2) is 14.1. The van der Waals surface area contributed by atoms with Gasteiger partial charge >= 0.3 is 0 Å². The van der Waals surface area contributed by atoms with Crippen LogP contribution in [0.2, 0.25) is 0 Å². The summed E-state index contributed by atoms with van der Waals surface area (Å²) in [5.41, 5.74) is 10.3. The van der Waals surface area contributed by atoms with E-state index in [-0.39, 0.29) is 29.2 Å². The highest BCUT2D eigenvalue weighted by Crippen LogP contribution is 2.40. The Labute approximate surface area is 273 Å².